The van der Waals surface area contributed by atoms with Gasteiger partial charge in [0.2, 0.25) is 0 Å². The van der Waals surface area contributed by atoms with Gasteiger partial charge in [0.25, 0.3) is 11.6 Å². The van der Waals surface area contributed by atoms with Gasteiger partial charge in [-0.2, -0.15) is 13.2 Å². The minimum Gasteiger partial charge on any atom is -0.349 e. The highest BCUT2D eigenvalue weighted by Crippen LogP contribution is 2.41. The molecule has 4 aromatic rings. The van der Waals surface area contributed by atoms with Crippen LogP contribution in [0.25, 0.3) is 11.3 Å². The van der Waals surface area contributed by atoms with Gasteiger partial charge in [-0.15, -0.1) is 11.3 Å². The molecule has 2 aliphatic rings. The molecule has 0 bridgehead atoms. The minimum absolute atomic E-state index is 0.0544. The minimum atomic E-state index is -4.73. The fraction of sp³-hybridized carbons (Fsp3) is 0.333. The first kappa shape index (κ1) is 31.9. The Kier molecular flexibility index (Phi) is 9.50. The van der Waals surface area contributed by atoms with Gasteiger partial charge in [0.1, 0.15) is 10.7 Å². The molecule has 2 aromatic heterocycles. The zero-order valence-corrected chi connectivity index (χ0v) is 26.3. The fourth-order valence-electron chi connectivity index (χ4n) is 5.83. The Balaban J connectivity index is 1.29. The lowest BCUT2D eigenvalue weighted by Gasteiger charge is -2.23. The van der Waals surface area contributed by atoms with Crippen molar-refractivity contribution in [3.8, 4) is 11.3 Å². The molecule has 46 heavy (non-hydrogen) atoms. The van der Waals surface area contributed by atoms with Crippen molar-refractivity contribution in [3.05, 3.63) is 92.0 Å². The summed E-state index contributed by atoms with van der Waals surface area (Å²) in [6.07, 6.45) is 5.81. The number of aryl methyl sites for hydroxylation is 1. The maximum atomic E-state index is 13.7. The number of amides is 1. The first-order valence-electron chi connectivity index (χ1n) is 15.1. The van der Waals surface area contributed by atoms with E-state index < -0.39 is 16.8 Å². The summed E-state index contributed by atoms with van der Waals surface area (Å²) in [5.41, 5.74) is 1.11. The third-order valence-corrected chi connectivity index (χ3v) is 10.2. The van der Waals surface area contributed by atoms with E-state index in [1.807, 2.05) is 0 Å². The van der Waals surface area contributed by atoms with E-state index in [1.54, 1.807) is 36.4 Å². The van der Waals surface area contributed by atoms with Crippen molar-refractivity contribution in [3.63, 3.8) is 0 Å². The maximum absolute atomic E-state index is 13.7. The summed E-state index contributed by atoms with van der Waals surface area (Å²) < 4.78 is 41.1. The molecule has 0 atom stereocenters. The third kappa shape index (κ3) is 7.31. The largest absolute Gasteiger partial charge is 0.433 e. The number of rotatable bonds is 8. The van der Waals surface area contributed by atoms with Crippen molar-refractivity contribution in [1.82, 2.24) is 15.3 Å². The second kappa shape index (κ2) is 13.7. The predicted octanol–water partition coefficient (Wildman–Crippen LogP) is 8.98. The third-order valence-electron chi connectivity index (χ3n) is 8.10. The normalized spacial score (nSPS) is 15.5. The molecule has 0 unspecified atom stereocenters. The number of thiophene rings is 1. The van der Waals surface area contributed by atoms with Crippen LogP contribution in [-0.2, 0) is 19.0 Å². The number of aromatic nitrogens is 2. The molecule has 238 valence electrons. The second-order valence-corrected chi connectivity index (χ2v) is 13.4. The van der Waals surface area contributed by atoms with Gasteiger partial charge in [0.15, 0.2) is 5.16 Å². The standard InChI is InChI=1S/C33H30F3N5O3S2/c34-33(35,36)28-18-24(21-9-3-1-4-10-21)39-32(40-28)46-27-16-15-20(17-25(27)41(43)44)19-37-31-29(23-13-7-8-14-26(23)45-31)30(42)38-22-11-5-2-6-12-22/h1,3-4,9-10,15-19,22H,2,5-8,11-14H2,(H,38,42)/b37-19+. The number of alkyl halides is 3. The number of nitro benzene ring substituents is 1. The Bertz CT molecular complexity index is 1790. The molecular formula is C33H30F3N5O3S2. The Morgan fingerprint density at radius 3 is 2.52 bits per heavy atom. The first-order chi connectivity index (χ1) is 22.2. The number of benzene rings is 2. The van der Waals surface area contributed by atoms with E-state index in [0.717, 1.165) is 67.9 Å². The van der Waals surface area contributed by atoms with Gasteiger partial charge in [0.05, 0.1) is 21.1 Å². The Labute approximate surface area is 271 Å². The predicted molar refractivity (Wildman–Crippen MR) is 172 cm³/mol. The van der Waals surface area contributed by atoms with Crippen LogP contribution in [0.3, 0.4) is 0 Å². The molecule has 0 saturated heterocycles. The van der Waals surface area contributed by atoms with E-state index in [0.29, 0.717) is 33.5 Å². The Morgan fingerprint density at radius 1 is 1.02 bits per heavy atom. The molecule has 8 nitrogen and oxygen atoms in total. The molecule has 1 N–H and O–H groups in total. The van der Waals surface area contributed by atoms with Crippen LogP contribution >= 0.6 is 23.1 Å². The highest BCUT2D eigenvalue weighted by atomic mass is 32.2. The zero-order chi connectivity index (χ0) is 32.3. The molecule has 2 aliphatic carbocycles. The maximum Gasteiger partial charge on any atom is 0.433 e. The van der Waals surface area contributed by atoms with E-state index in [4.69, 9.17) is 0 Å². The van der Waals surface area contributed by atoms with Gasteiger partial charge in [-0.25, -0.2) is 15.0 Å². The number of nitrogens with zero attached hydrogens (tertiary/aromatic N) is 4. The molecule has 1 amide bonds. The van der Waals surface area contributed by atoms with E-state index in [-0.39, 0.29) is 33.4 Å². The number of aliphatic imine (C=N–C) groups is 1. The van der Waals surface area contributed by atoms with Crippen molar-refractivity contribution in [1.29, 1.82) is 0 Å². The van der Waals surface area contributed by atoms with Crippen molar-refractivity contribution in [2.24, 2.45) is 4.99 Å². The molecule has 0 spiro atoms. The van der Waals surface area contributed by atoms with Gasteiger partial charge in [-0.05, 0) is 73.5 Å². The number of carbonyl (C=O) groups excluding carboxylic acids is 1. The van der Waals surface area contributed by atoms with Gasteiger partial charge in [-0.1, -0.05) is 55.7 Å². The summed E-state index contributed by atoms with van der Waals surface area (Å²) in [6, 6.07) is 13.7. The molecule has 6 rings (SSSR count). The van der Waals surface area contributed by atoms with Crippen molar-refractivity contribution < 1.29 is 22.9 Å². The number of nitrogens with one attached hydrogen (secondary N) is 1. The summed E-state index contributed by atoms with van der Waals surface area (Å²) >= 11 is 2.17. The number of halogens is 3. The van der Waals surface area contributed by atoms with Crippen LogP contribution in [-0.4, -0.2) is 33.1 Å². The summed E-state index contributed by atoms with van der Waals surface area (Å²) in [6.45, 7) is 0. The zero-order valence-electron chi connectivity index (χ0n) is 24.7. The number of hydrogen-bond acceptors (Lipinski definition) is 8. The lowest BCUT2D eigenvalue weighted by molar-refractivity contribution is -0.387. The number of carbonyl (C=O) groups is 1. The molecule has 0 aliphatic heterocycles. The molecule has 2 heterocycles. The quantitative estimate of drug-likeness (QED) is 0.0871. The van der Waals surface area contributed by atoms with E-state index >= 15 is 0 Å². The van der Waals surface area contributed by atoms with Gasteiger partial charge < -0.3 is 5.32 Å². The lowest BCUT2D eigenvalue weighted by Crippen LogP contribution is -2.36. The molecular weight excluding hydrogens is 636 g/mol. The van der Waals surface area contributed by atoms with Gasteiger partial charge >= 0.3 is 6.18 Å². The van der Waals surface area contributed by atoms with E-state index in [2.05, 4.69) is 20.3 Å². The second-order valence-electron chi connectivity index (χ2n) is 11.3. The Hall–Kier alpha value is -4.10. The number of fused-ring (bicyclic) bond motifs is 1. The number of hydrogen-bond donors (Lipinski definition) is 1. The van der Waals surface area contributed by atoms with Crippen LogP contribution in [0, 0.1) is 10.1 Å². The van der Waals surface area contributed by atoms with Crippen LogP contribution in [0.2, 0.25) is 0 Å². The SMILES string of the molecule is O=C(NC1CCCCC1)c1c(/N=C/c2ccc(Sc3nc(-c4ccccc4)cc(C(F)(F)F)n3)c([N+](=O)[O-])c2)sc2c1CCCC2. The van der Waals surface area contributed by atoms with Gasteiger partial charge in [0, 0.05) is 28.8 Å². The van der Waals surface area contributed by atoms with Crippen LogP contribution in [0.4, 0.5) is 23.9 Å². The highest BCUT2D eigenvalue weighted by Gasteiger charge is 2.34. The van der Waals surface area contributed by atoms with Crippen molar-refractivity contribution in [2.75, 3.05) is 0 Å². The average molecular weight is 666 g/mol. The molecule has 13 heteroatoms. The van der Waals surface area contributed by atoms with E-state index in [1.165, 1.54) is 36.1 Å². The summed E-state index contributed by atoms with van der Waals surface area (Å²) in [5.74, 6) is -0.118. The topological polar surface area (TPSA) is 110 Å². The van der Waals surface area contributed by atoms with Crippen LogP contribution < -0.4 is 5.32 Å². The first-order valence-corrected chi connectivity index (χ1v) is 16.8. The van der Waals surface area contributed by atoms with Crippen LogP contribution in [0.5, 0.6) is 0 Å². The van der Waals surface area contributed by atoms with Crippen LogP contribution in [0.1, 0.15) is 77.0 Å². The average Bonchev–Trinajstić information content (AvgIpc) is 3.43. The van der Waals surface area contributed by atoms with Crippen molar-refractivity contribution >= 4 is 45.9 Å². The summed E-state index contributed by atoms with van der Waals surface area (Å²) in [5, 5.41) is 15.6. The molecule has 0 radical (unpaired) electrons. The molecule has 1 fully saturated rings. The van der Waals surface area contributed by atoms with Gasteiger partial charge in [-0.3, -0.25) is 14.9 Å². The monoisotopic (exact) mass is 665 g/mol. The summed E-state index contributed by atoms with van der Waals surface area (Å²) in [4.78, 5) is 38.8. The van der Waals surface area contributed by atoms with Crippen molar-refractivity contribution in [2.45, 2.75) is 80.1 Å². The summed E-state index contributed by atoms with van der Waals surface area (Å²) in [7, 11) is 0. The lowest BCUT2D eigenvalue weighted by atomic mass is 9.93. The highest BCUT2D eigenvalue weighted by molar-refractivity contribution is 7.99. The smallest absolute Gasteiger partial charge is 0.349 e. The Morgan fingerprint density at radius 2 is 1.78 bits per heavy atom. The van der Waals surface area contributed by atoms with Crippen LogP contribution in [0.15, 0.2) is 69.6 Å². The fourth-order valence-corrected chi connectivity index (χ4v) is 7.92. The van der Waals surface area contributed by atoms with E-state index in [9.17, 15) is 28.1 Å². The molecule has 1 saturated carbocycles. The molecule has 2 aromatic carbocycles. The number of nitro groups is 1.